The van der Waals surface area contributed by atoms with E-state index in [1.54, 1.807) is 50.5 Å². The van der Waals surface area contributed by atoms with E-state index in [4.69, 9.17) is 19.5 Å². The average molecular weight is 713 g/mol. The zero-order valence-corrected chi connectivity index (χ0v) is 28.5. The lowest BCUT2D eigenvalue weighted by Crippen LogP contribution is -2.45. The molecule has 2 N–H and O–H groups in total. The van der Waals surface area contributed by atoms with E-state index in [2.05, 4.69) is 21.5 Å². The molecule has 0 radical (unpaired) electrons. The summed E-state index contributed by atoms with van der Waals surface area (Å²) in [6, 6.07) is 11.6. The van der Waals surface area contributed by atoms with Gasteiger partial charge >= 0.3 is 18.2 Å². The Hall–Kier alpha value is -5.31. The summed E-state index contributed by atoms with van der Waals surface area (Å²) in [6.45, 7) is 3.58. The van der Waals surface area contributed by atoms with Gasteiger partial charge in [-0.05, 0) is 44.3 Å². The molecule has 0 spiro atoms. The molecule has 3 atom stereocenters. The third kappa shape index (κ3) is 9.02. The highest BCUT2D eigenvalue weighted by Crippen LogP contribution is 2.41. The molecule has 0 saturated carbocycles. The van der Waals surface area contributed by atoms with Gasteiger partial charge in [0.15, 0.2) is 0 Å². The number of carbonyl (C=O) groups excluding carboxylic acids is 3. The number of amides is 2. The molecule has 2 heterocycles. The number of hydrogen-bond acceptors (Lipinski definition) is 12. The van der Waals surface area contributed by atoms with Gasteiger partial charge in [0, 0.05) is 34.4 Å². The van der Waals surface area contributed by atoms with Crippen LogP contribution in [0.1, 0.15) is 49.1 Å². The van der Waals surface area contributed by atoms with Crippen molar-refractivity contribution in [2.24, 2.45) is 0 Å². The number of esters is 1. The number of carbonyl (C=O) groups is 3. The van der Waals surface area contributed by atoms with Gasteiger partial charge in [-0.15, -0.1) is 16.0 Å². The Labute approximate surface area is 290 Å². The number of aromatic nitrogens is 4. The SMILES string of the molecule is CCOC(=O)N(CCOC(=O)CNC)C(=O)OC(C)[n+]1cnn(CC(O)(c2cc(F)ccc2F)C(C)c2nc(-c3ccc(C#N)cc3)cs2)c1. The number of rotatable bonds is 14. The van der Waals surface area contributed by atoms with Crippen LogP contribution in [0.25, 0.3) is 11.3 Å². The van der Waals surface area contributed by atoms with Gasteiger partial charge in [0.05, 0.1) is 42.0 Å². The average Bonchev–Trinajstić information content (AvgIpc) is 3.78. The van der Waals surface area contributed by atoms with Crippen molar-refractivity contribution in [2.45, 2.75) is 45.1 Å². The zero-order chi connectivity index (χ0) is 36.4. The van der Waals surface area contributed by atoms with Crippen molar-refractivity contribution in [3.05, 3.63) is 88.3 Å². The Balaban J connectivity index is 1.56. The lowest BCUT2D eigenvalue weighted by molar-refractivity contribution is -0.753. The fourth-order valence-corrected chi connectivity index (χ4v) is 5.83. The predicted octanol–water partition coefficient (Wildman–Crippen LogP) is 4.01. The molecular weight excluding hydrogens is 676 g/mol. The second kappa shape index (κ2) is 16.9. The third-order valence-electron chi connectivity index (χ3n) is 7.62. The van der Waals surface area contributed by atoms with E-state index < -0.39 is 47.5 Å². The molecule has 0 fully saturated rings. The van der Waals surface area contributed by atoms with Gasteiger partial charge in [-0.25, -0.2) is 28.3 Å². The summed E-state index contributed by atoms with van der Waals surface area (Å²) in [5, 5.41) is 30.4. The minimum atomic E-state index is -2.08. The lowest BCUT2D eigenvalue weighted by Gasteiger charge is -2.32. The summed E-state index contributed by atoms with van der Waals surface area (Å²) in [6.07, 6.45) is -0.479. The minimum Gasteiger partial charge on any atom is -0.463 e. The van der Waals surface area contributed by atoms with Crippen molar-refractivity contribution in [3.63, 3.8) is 0 Å². The van der Waals surface area contributed by atoms with Gasteiger partial charge in [-0.1, -0.05) is 19.1 Å². The van der Waals surface area contributed by atoms with Crippen LogP contribution in [0.15, 0.2) is 60.5 Å². The summed E-state index contributed by atoms with van der Waals surface area (Å²) < 4.78 is 47.8. The monoisotopic (exact) mass is 712 g/mol. The molecule has 17 heteroatoms. The molecule has 4 aromatic rings. The zero-order valence-electron chi connectivity index (χ0n) is 27.7. The van der Waals surface area contributed by atoms with Crippen LogP contribution in [0.3, 0.4) is 0 Å². The molecule has 4 rings (SSSR count). The Kier molecular flexibility index (Phi) is 12.7. The highest BCUT2D eigenvalue weighted by Gasteiger charge is 2.43. The summed E-state index contributed by atoms with van der Waals surface area (Å²) in [5.74, 6) is -3.08. The first-order chi connectivity index (χ1) is 23.9. The van der Waals surface area contributed by atoms with Crippen LogP contribution in [-0.4, -0.2) is 76.3 Å². The summed E-state index contributed by atoms with van der Waals surface area (Å²) >= 11 is 1.22. The van der Waals surface area contributed by atoms with E-state index in [0.29, 0.717) is 21.2 Å². The van der Waals surface area contributed by atoms with E-state index in [1.807, 2.05) is 0 Å². The molecule has 3 unspecified atom stereocenters. The van der Waals surface area contributed by atoms with Gasteiger partial charge in [0.2, 0.25) is 12.6 Å². The first-order valence-corrected chi connectivity index (χ1v) is 16.3. The number of aliphatic hydroxyl groups is 1. The van der Waals surface area contributed by atoms with Crippen molar-refractivity contribution in [3.8, 4) is 17.3 Å². The minimum absolute atomic E-state index is 0.0236. The van der Waals surface area contributed by atoms with Crippen molar-refractivity contribution in [1.29, 1.82) is 5.26 Å². The van der Waals surface area contributed by atoms with Crippen LogP contribution in [0.4, 0.5) is 18.4 Å². The van der Waals surface area contributed by atoms with E-state index >= 15 is 4.39 Å². The third-order valence-corrected chi connectivity index (χ3v) is 8.64. The van der Waals surface area contributed by atoms with Crippen LogP contribution in [0.2, 0.25) is 0 Å². The van der Waals surface area contributed by atoms with Crippen LogP contribution >= 0.6 is 11.3 Å². The fraction of sp³-hybridized carbons (Fsp3) is 0.364. The quantitative estimate of drug-likeness (QED) is 0.110. The first-order valence-electron chi connectivity index (χ1n) is 15.4. The van der Waals surface area contributed by atoms with Gasteiger partial charge in [0.25, 0.3) is 6.33 Å². The molecule has 0 bridgehead atoms. The molecule has 2 amide bonds. The number of hydrogen-bond donors (Lipinski definition) is 2. The molecular formula is C33H36F2N7O7S+. The summed E-state index contributed by atoms with van der Waals surface area (Å²) in [5.41, 5.74) is -0.618. The van der Waals surface area contributed by atoms with Crippen LogP contribution in [0, 0.1) is 23.0 Å². The van der Waals surface area contributed by atoms with E-state index in [-0.39, 0.29) is 38.4 Å². The standard InChI is InChI=1S/C33H36F2N7O7S/c1-5-47-31(44)42(12-13-48-29(43)16-37-4)32(45)49-22(3)40-19-38-41(20-40)18-33(46,26-14-25(34)10-11-27(26)35)21(2)30-39-28(17-50-30)24-8-6-23(15-36)7-9-24/h6-11,14,17,19-22,37,46H,5,12-13,16,18H2,1-4H3/q+1. The maximum Gasteiger partial charge on any atom is 0.422 e. The first kappa shape index (κ1) is 37.5. The normalized spacial score (nSPS) is 13.4. The van der Waals surface area contributed by atoms with E-state index in [1.165, 1.54) is 40.2 Å². The predicted molar refractivity (Wildman–Crippen MR) is 173 cm³/mol. The molecule has 264 valence electrons. The number of ether oxygens (including phenoxy) is 3. The van der Waals surface area contributed by atoms with E-state index in [9.17, 15) is 23.9 Å². The van der Waals surface area contributed by atoms with Crippen molar-refractivity contribution in [1.82, 2.24) is 25.0 Å². The maximum atomic E-state index is 15.3. The smallest absolute Gasteiger partial charge is 0.422 e. The van der Waals surface area contributed by atoms with Crippen LogP contribution < -0.4 is 9.88 Å². The Morgan fingerprint density at radius 3 is 2.58 bits per heavy atom. The topological polar surface area (TPSA) is 173 Å². The molecule has 0 aliphatic rings. The molecule has 0 aliphatic carbocycles. The number of imide groups is 1. The number of nitriles is 1. The maximum absolute atomic E-state index is 15.3. The summed E-state index contributed by atoms with van der Waals surface area (Å²) in [4.78, 5) is 42.4. The second-order valence-corrected chi connectivity index (χ2v) is 11.9. The second-order valence-electron chi connectivity index (χ2n) is 11.0. The molecule has 0 aliphatic heterocycles. The van der Waals surface area contributed by atoms with Crippen molar-refractivity contribution >= 4 is 29.5 Å². The van der Waals surface area contributed by atoms with Gasteiger partial charge < -0.3 is 24.6 Å². The molecule has 50 heavy (non-hydrogen) atoms. The van der Waals surface area contributed by atoms with Crippen molar-refractivity contribution in [2.75, 3.05) is 33.4 Å². The van der Waals surface area contributed by atoms with Gasteiger partial charge in [-0.3, -0.25) is 4.79 Å². The molecule has 0 saturated heterocycles. The molecule has 14 nitrogen and oxygen atoms in total. The number of thiazole rings is 1. The number of likely N-dealkylation sites (N-methyl/N-ethyl adjacent to an activating group) is 1. The number of halogens is 2. The fourth-order valence-electron chi connectivity index (χ4n) is 4.85. The highest BCUT2D eigenvalue weighted by molar-refractivity contribution is 7.10. The molecule has 2 aromatic carbocycles. The number of nitrogens with zero attached hydrogens (tertiary/aromatic N) is 6. The number of nitrogens with one attached hydrogen (secondary N) is 1. The lowest BCUT2D eigenvalue weighted by atomic mass is 9.82. The highest BCUT2D eigenvalue weighted by atomic mass is 32.1. The largest absolute Gasteiger partial charge is 0.463 e. The van der Waals surface area contributed by atoms with Crippen molar-refractivity contribution < 1.29 is 47.0 Å². The Morgan fingerprint density at radius 2 is 1.90 bits per heavy atom. The van der Waals surface area contributed by atoms with Crippen LogP contribution in [-0.2, 0) is 31.2 Å². The molecule has 2 aromatic heterocycles. The van der Waals surface area contributed by atoms with Crippen LogP contribution in [0.5, 0.6) is 0 Å². The van der Waals surface area contributed by atoms with Gasteiger partial charge in [-0.2, -0.15) is 9.83 Å². The van der Waals surface area contributed by atoms with Gasteiger partial charge in [0.1, 0.15) is 30.4 Å². The van der Waals surface area contributed by atoms with E-state index in [0.717, 1.165) is 23.8 Å². The number of benzene rings is 2. The Bertz CT molecular complexity index is 1850. The summed E-state index contributed by atoms with van der Waals surface area (Å²) in [7, 11) is 1.56. The Morgan fingerprint density at radius 1 is 1.16 bits per heavy atom.